The zero-order chi connectivity index (χ0) is 13.9. The van der Waals surface area contributed by atoms with Crippen LogP contribution in [0.3, 0.4) is 0 Å². The molecule has 0 bridgehead atoms. The predicted molar refractivity (Wildman–Crippen MR) is 68.4 cm³/mol. The van der Waals surface area contributed by atoms with Crippen LogP contribution in [0.1, 0.15) is 36.3 Å². The molecule has 1 atom stereocenters. The van der Waals surface area contributed by atoms with E-state index in [1.54, 1.807) is 0 Å². The third-order valence-electron chi connectivity index (χ3n) is 2.40. The molecular weight excluding hydrogens is 254 g/mol. The van der Waals surface area contributed by atoms with Gasteiger partial charge in [0.05, 0.1) is 12.6 Å². The van der Waals surface area contributed by atoms with Gasteiger partial charge >= 0.3 is 5.97 Å². The molecule has 7 heteroatoms. The summed E-state index contributed by atoms with van der Waals surface area (Å²) in [6.07, 6.45) is 0. The second-order valence-corrected chi connectivity index (χ2v) is 5.94. The van der Waals surface area contributed by atoms with Crippen molar-refractivity contribution in [3.05, 3.63) is 16.1 Å². The van der Waals surface area contributed by atoms with Crippen molar-refractivity contribution in [1.29, 1.82) is 0 Å². The topological polar surface area (TPSA) is 105 Å². The van der Waals surface area contributed by atoms with Crippen molar-refractivity contribution in [3.8, 4) is 0 Å². The standard InChI is InChI=1S/C11H17N3O3S/c1-11(2,3)8(12)9(15)13-4-7-14-6(5-18-7)10(16)17/h5,8H,4,12H2,1-3H3,(H,13,15)(H,16,17)/t8-/m0/s1. The molecule has 1 rings (SSSR count). The van der Waals surface area contributed by atoms with Gasteiger partial charge in [-0.2, -0.15) is 0 Å². The number of carbonyl (C=O) groups is 2. The molecule has 1 heterocycles. The average molecular weight is 271 g/mol. The summed E-state index contributed by atoms with van der Waals surface area (Å²) in [5, 5.41) is 13.3. The summed E-state index contributed by atoms with van der Waals surface area (Å²) in [5.74, 6) is -1.34. The minimum absolute atomic E-state index is 0.00984. The molecule has 1 aromatic heterocycles. The van der Waals surface area contributed by atoms with Crippen LogP contribution in [0.4, 0.5) is 0 Å². The molecule has 18 heavy (non-hydrogen) atoms. The van der Waals surface area contributed by atoms with Crippen LogP contribution in [-0.4, -0.2) is 28.0 Å². The molecule has 1 amide bonds. The molecule has 100 valence electrons. The van der Waals surface area contributed by atoms with Gasteiger partial charge in [-0.3, -0.25) is 4.79 Å². The highest BCUT2D eigenvalue weighted by atomic mass is 32.1. The average Bonchev–Trinajstić information content (AvgIpc) is 2.72. The molecule has 0 aliphatic heterocycles. The Bertz CT molecular complexity index is 451. The smallest absolute Gasteiger partial charge is 0.355 e. The first kappa shape index (κ1) is 14.6. The summed E-state index contributed by atoms with van der Waals surface area (Å²) in [7, 11) is 0. The highest BCUT2D eigenvalue weighted by Crippen LogP contribution is 2.17. The zero-order valence-electron chi connectivity index (χ0n) is 10.6. The summed E-state index contributed by atoms with van der Waals surface area (Å²) >= 11 is 1.19. The molecule has 0 aromatic carbocycles. The van der Waals surface area contributed by atoms with Crippen LogP contribution in [0, 0.1) is 5.41 Å². The lowest BCUT2D eigenvalue weighted by atomic mass is 9.87. The van der Waals surface area contributed by atoms with E-state index < -0.39 is 12.0 Å². The number of aromatic carboxylic acids is 1. The van der Waals surface area contributed by atoms with E-state index in [-0.39, 0.29) is 23.6 Å². The van der Waals surface area contributed by atoms with E-state index in [0.717, 1.165) is 0 Å². The summed E-state index contributed by atoms with van der Waals surface area (Å²) < 4.78 is 0. The first-order chi connectivity index (χ1) is 8.21. The number of aromatic nitrogens is 1. The van der Waals surface area contributed by atoms with Crippen molar-refractivity contribution < 1.29 is 14.7 Å². The monoisotopic (exact) mass is 271 g/mol. The van der Waals surface area contributed by atoms with E-state index in [0.29, 0.717) is 5.01 Å². The normalized spacial score (nSPS) is 13.1. The van der Waals surface area contributed by atoms with E-state index >= 15 is 0 Å². The fourth-order valence-corrected chi connectivity index (χ4v) is 1.86. The quantitative estimate of drug-likeness (QED) is 0.752. The van der Waals surface area contributed by atoms with Gasteiger partial charge in [0.1, 0.15) is 5.01 Å². The predicted octanol–water partition coefficient (Wildman–Crippen LogP) is 0.831. The number of hydrogen-bond donors (Lipinski definition) is 3. The van der Waals surface area contributed by atoms with Crippen LogP contribution in [-0.2, 0) is 11.3 Å². The minimum Gasteiger partial charge on any atom is -0.476 e. The fourth-order valence-electron chi connectivity index (χ4n) is 1.16. The van der Waals surface area contributed by atoms with E-state index in [2.05, 4.69) is 10.3 Å². The van der Waals surface area contributed by atoms with Crippen molar-refractivity contribution in [2.24, 2.45) is 11.1 Å². The van der Waals surface area contributed by atoms with Crippen molar-refractivity contribution in [1.82, 2.24) is 10.3 Å². The van der Waals surface area contributed by atoms with Crippen LogP contribution in [0.15, 0.2) is 5.38 Å². The van der Waals surface area contributed by atoms with E-state index in [4.69, 9.17) is 10.8 Å². The fraction of sp³-hybridized carbons (Fsp3) is 0.545. The Morgan fingerprint density at radius 2 is 2.17 bits per heavy atom. The highest BCUT2D eigenvalue weighted by molar-refractivity contribution is 7.09. The number of thiazole rings is 1. The molecule has 6 nitrogen and oxygen atoms in total. The molecule has 0 saturated carbocycles. The van der Waals surface area contributed by atoms with Crippen molar-refractivity contribution in [2.45, 2.75) is 33.4 Å². The summed E-state index contributed by atoms with van der Waals surface area (Å²) in [4.78, 5) is 26.2. The van der Waals surface area contributed by atoms with Crippen LogP contribution in [0.25, 0.3) is 0 Å². The number of carbonyl (C=O) groups excluding carboxylic acids is 1. The van der Waals surface area contributed by atoms with Crippen LogP contribution in [0.5, 0.6) is 0 Å². The number of carboxylic acid groups (broad SMARTS) is 1. The first-order valence-corrected chi connectivity index (χ1v) is 6.31. The Balaban J connectivity index is 2.55. The number of carboxylic acids is 1. The molecule has 0 aliphatic carbocycles. The molecule has 0 aliphatic rings. The number of nitrogens with one attached hydrogen (secondary N) is 1. The van der Waals surface area contributed by atoms with Crippen molar-refractivity contribution in [2.75, 3.05) is 0 Å². The van der Waals surface area contributed by atoms with Gasteiger partial charge in [0.25, 0.3) is 0 Å². The van der Waals surface area contributed by atoms with Crippen LogP contribution < -0.4 is 11.1 Å². The molecular formula is C11H17N3O3S. The zero-order valence-corrected chi connectivity index (χ0v) is 11.4. The van der Waals surface area contributed by atoms with E-state index in [9.17, 15) is 9.59 Å². The third-order valence-corrected chi connectivity index (χ3v) is 3.25. The van der Waals surface area contributed by atoms with Crippen molar-refractivity contribution in [3.63, 3.8) is 0 Å². The molecule has 0 fully saturated rings. The maximum Gasteiger partial charge on any atom is 0.355 e. The third kappa shape index (κ3) is 3.78. The van der Waals surface area contributed by atoms with Crippen LogP contribution in [0.2, 0.25) is 0 Å². The number of nitrogens with zero attached hydrogens (tertiary/aromatic N) is 1. The number of hydrogen-bond acceptors (Lipinski definition) is 5. The Hall–Kier alpha value is -1.47. The van der Waals surface area contributed by atoms with Gasteiger partial charge in [-0.25, -0.2) is 9.78 Å². The lowest BCUT2D eigenvalue weighted by molar-refractivity contribution is -0.124. The van der Waals surface area contributed by atoms with Gasteiger partial charge in [0, 0.05) is 5.38 Å². The van der Waals surface area contributed by atoms with Gasteiger partial charge in [-0.05, 0) is 5.41 Å². The van der Waals surface area contributed by atoms with E-state index in [1.165, 1.54) is 16.7 Å². The van der Waals surface area contributed by atoms with Gasteiger partial charge in [0.15, 0.2) is 5.69 Å². The number of nitrogens with two attached hydrogens (primary N) is 1. The molecule has 0 unspecified atom stereocenters. The van der Waals surface area contributed by atoms with Crippen LogP contribution >= 0.6 is 11.3 Å². The first-order valence-electron chi connectivity index (χ1n) is 5.43. The van der Waals surface area contributed by atoms with E-state index in [1.807, 2.05) is 20.8 Å². The lowest BCUT2D eigenvalue weighted by Crippen LogP contribution is -2.48. The largest absolute Gasteiger partial charge is 0.476 e. The van der Waals surface area contributed by atoms with Gasteiger partial charge in [-0.15, -0.1) is 11.3 Å². The molecule has 0 spiro atoms. The molecule has 4 N–H and O–H groups in total. The molecule has 1 aromatic rings. The number of rotatable bonds is 4. The SMILES string of the molecule is CC(C)(C)[C@@H](N)C(=O)NCc1nc(C(=O)O)cs1. The Labute approximate surface area is 109 Å². The minimum atomic E-state index is -1.07. The highest BCUT2D eigenvalue weighted by Gasteiger charge is 2.27. The summed E-state index contributed by atoms with van der Waals surface area (Å²) in [6, 6.07) is -0.614. The maximum atomic E-state index is 11.7. The molecule has 0 radical (unpaired) electrons. The second kappa shape index (κ2) is 5.45. The van der Waals surface area contributed by atoms with Gasteiger partial charge < -0.3 is 16.2 Å². The Morgan fingerprint density at radius 3 is 2.61 bits per heavy atom. The van der Waals surface area contributed by atoms with Gasteiger partial charge in [0.2, 0.25) is 5.91 Å². The Kier molecular flexibility index (Phi) is 4.42. The summed E-state index contributed by atoms with van der Waals surface area (Å²) in [5.41, 5.74) is 5.46. The van der Waals surface area contributed by atoms with Crippen molar-refractivity contribution >= 4 is 23.2 Å². The number of amides is 1. The summed E-state index contributed by atoms with van der Waals surface area (Å²) in [6.45, 7) is 5.83. The Morgan fingerprint density at radius 1 is 1.56 bits per heavy atom. The lowest BCUT2D eigenvalue weighted by Gasteiger charge is -2.25. The maximum absolute atomic E-state index is 11.7. The molecule has 0 saturated heterocycles. The van der Waals surface area contributed by atoms with Gasteiger partial charge in [-0.1, -0.05) is 20.8 Å². The second-order valence-electron chi connectivity index (χ2n) is 4.99.